The maximum absolute atomic E-state index is 12.5. The van der Waals surface area contributed by atoms with Crippen LogP contribution in [-0.4, -0.2) is 53.4 Å². The number of hydrogen-bond donors (Lipinski definition) is 2. The predicted octanol–water partition coefficient (Wildman–Crippen LogP) is -0.468. The maximum atomic E-state index is 12.5. The van der Waals surface area contributed by atoms with Crippen molar-refractivity contribution in [1.29, 1.82) is 0 Å². The van der Waals surface area contributed by atoms with E-state index >= 15 is 0 Å². The summed E-state index contributed by atoms with van der Waals surface area (Å²) in [5.74, 6) is -1.27. The van der Waals surface area contributed by atoms with Crippen molar-refractivity contribution in [2.45, 2.75) is 51.2 Å². The zero-order valence-corrected chi connectivity index (χ0v) is 16.5. The quantitative estimate of drug-likeness (QED) is 0.634. The molecule has 2 atom stereocenters. The number of rotatable bonds is 5. The Morgan fingerprint density at radius 2 is 1.82 bits per heavy atom. The Labute approximate surface area is 163 Å². The smallest absolute Gasteiger partial charge is 0.253 e. The molecule has 1 saturated carbocycles. The van der Waals surface area contributed by atoms with Crippen LogP contribution in [0.25, 0.3) is 0 Å². The van der Waals surface area contributed by atoms with Crippen LogP contribution in [0.2, 0.25) is 0 Å². The summed E-state index contributed by atoms with van der Waals surface area (Å²) >= 11 is 0. The van der Waals surface area contributed by atoms with Crippen LogP contribution in [0.4, 0.5) is 0 Å². The molecule has 2 N–H and O–H groups in total. The van der Waals surface area contributed by atoms with Crippen LogP contribution < -0.4 is 16.2 Å². The molecule has 1 saturated heterocycles. The Bertz CT molecular complexity index is 958. The first-order valence-electron chi connectivity index (χ1n) is 9.25. The van der Waals surface area contributed by atoms with Crippen molar-refractivity contribution in [3.8, 4) is 0 Å². The zero-order chi connectivity index (χ0) is 20.3. The van der Waals surface area contributed by atoms with Crippen molar-refractivity contribution < 1.29 is 18.0 Å². The second-order valence-corrected chi connectivity index (χ2v) is 9.47. The number of amides is 2. The van der Waals surface area contributed by atoms with Crippen molar-refractivity contribution in [2.75, 3.05) is 11.5 Å². The molecule has 2 amide bonds. The number of carbonyl (C=O) groups excluding carboxylic acids is 2. The summed E-state index contributed by atoms with van der Waals surface area (Å²) in [7, 11) is -3.39. The highest BCUT2D eigenvalue weighted by molar-refractivity contribution is 7.91. The van der Waals surface area contributed by atoms with Crippen LogP contribution in [0.1, 0.15) is 32.6 Å². The number of carbonyl (C=O) groups is 2. The topological polar surface area (TPSA) is 127 Å². The minimum atomic E-state index is -3.39. The second kappa shape index (κ2) is 8.26. The first-order valence-corrected chi connectivity index (χ1v) is 11.1. The van der Waals surface area contributed by atoms with Crippen molar-refractivity contribution in [2.24, 2.45) is 0 Å². The van der Waals surface area contributed by atoms with E-state index in [1.54, 1.807) is 6.92 Å². The molecule has 0 spiro atoms. The lowest BCUT2D eigenvalue weighted by Gasteiger charge is -2.21. The van der Waals surface area contributed by atoms with Gasteiger partial charge in [-0.05, 0) is 32.6 Å². The van der Waals surface area contributed by atoms with Crippen molar-refractivity contribution in [1.82, 2.24) is 20.2 Å². The third-order valence-electron chi connectivity index (χ3n) is 5.20. The van der Waals surface area contributed by atoms with Crippen molar-refractivity contribution >= 4 is 21.7 Å². The lowest BCUT2D eigenvalue weighted by Crippen LogP contribution is -2.52. The molecule has 2 heterocycles. The van der Waals surface area contributed by atoms with Gasteiger partial charge in [0.2, 0.25) is 11.8 Å². The fraction of sp³-hybridized carbons (Fsp3) is 0.556. The van der Waals surface area contributed by atoms with E-state index in [4.69, 9.17) is 0 Å². The van der Waals surface area contributed by atoms with Gasteiger partial charge in [-0.25, -0.2) is 13.4 Å². The monoisotopic (exact) mass is 408 g/mol. The first-order chi connectivity index (χ1) is 13.2. The summed E-state index contributed by atoms with van der Waals surface area (Å²) in [6.07, 6.45) is 6.47. The van der Waals surface area contributed by atoms with E-state index in [0.29, 0.717) is 5.57 Å². The number of hydrogen-bond acceptors (Lipinski definition) is 6. The number of sulfone groups is 1. The van der Waals surface area contributed by atoms with Gasteiger partial charge in [-0.15, -0.1) is 0 Å². The molecular weight excluding hydrogens is 384 g/mol. The Morgan fingerprint density at radius 1 is 1.18 bits per heavy atom. The van der Waals surface area contributed by atoms with E-state index in [2.05, 4.69) is 15.6 Å². The molecule has 2 unspecified atom stereocenters. The summed E-state index contributed by atoms with van der Waals surface area (Å²) in [6, 6.07) is -0.213. The highest BCUT2D eigenvalue weighted by Gasteiger charge is 2.39. The van der Waals surface area contributed by atoms with Gasteiger partial charge in [-0.3, -0.25) is 19.0 Å². The van der Waals surface area contributed by atoms with Gasteiger partial charge in [0.25, 0.3) is 5.56 Å². The second-order valence-electron chi connectivity index (χ2n) is 7.31. The molecule has 152 valence electrons. The van der Waals surface area contributed by atoms with Crippen LogP contribution in [-0.2, 0) is 26.0 Å². The van der Waals surface area contributed by atoms with Crippen LogP contribution in [0.5, 0.6) is 0 Å². The first kappa shape index (κ1) is 20.2. The zero-order valence-electron chi connectivity index (χ0n) is 15.7. The van der Waals surface area contributed by atoms with Gasteiger partial charge in [0.1, 0.15) is 6.54 Å². The number of aromatic nitrogens is 2. The average Bonchev–Trinajstić information content (AvgIpc) is 3.24. The molecule has 28 heavy (non-hydrogen) atoms. The van der Waals surface area contributed by atoms with Crippen molar-refractivity contribution in [3.05, 3.63) is 40.1 Å². The van der Waals surface area contributed by atoms with E-state index in [-0.39, 0.29) is 29.5 Å². The molecule has 1 aliphatic heterocycles. The van der Waals surface area contributed by atoms with Gasteiger partial charge in [0.05, 0.1) is 29.9 Å². The van der Waals surface area contributed by atoms with Gasteiger partial charge in [-0.2, -0.15) is 0 Å². The largest absolute Gasteiger partial charge is 0.349 e. The molecule has 0 bridgehead atoms. The van der Waals surface area contributed by atoms with Crippen LogP contribution in [0, 0.1) is 0 Å². The SMILES string of the molecule is CC(C(=O)NC1CS(=O)(=O)CC1NC(=O)Cn1cnccc1=O)=C1CCCC1. The van der Waals surface area contributed by atoms with Gasteiger partial charge in [0, 0.05) is 17.8 Å². The fourth-order valence-corrected chi connectivity index (χ4v) is 5.51. The molecule has 3 rings (SSSR count). The summed E-state index contributed by atoms with van der Waals surface area (Å²) in [5, 5.41) is 5.41. The lowest BCUT2D eigenvalue weighted by atomic mass is 10.1. The molecule has 10 heteroatoms. The Morgan fingerprint density at radius 3 is 2.46 bits per heavy atom. The maximum Gasteiger partial charge on any atom is 0.253 e. The third-order valence-corrected chi connectivity index (χ3v) is 6.93. The van der Waals surface area contributed by atoms with Gasteiger partial charge in [0.15, 0.2) is 9.84 Å². The number of nitrogens with zero attached hydrogens (tertiary/aromatic N) is 2. The minimum Gasteiger partial charge on any atom is -0.349 e. The van der Waals surface area contributed by atoms with E-state index in [1.165, 1.54) is 18.6 Å². The highest BCUT2D eigenvalue weighted by Crippen LogP contribution is 2.27. The third kappa shape index (κ3) is 4.86. The predicted molar refractivity (Wildman–Crippen MR) is 102 cm³/mol. The molecule has 1 aromatic rings. The van der Waals surface area contributed by atoms with Gasteiger partial charge in [-0.1, -0.05) is 5.57 Å². The molecule has 1 aromatic heterocycles. The number of allylic oxidation sites excluding steroid dienone is 1. The summed E-state index contributed by atoms with van der Waals surface area (Å²) in [5.41, 5.74) is 1.36. The lowest BCUT2D eigenvalue weighted by molar-refractivity contribution is -0.123. The summed E-state index contributed by atoms with van der Waals surface area (Å²) < 4.78 is 25.3. The number of nitrogens with one attached hydrogen (secondary N) is 2. The summed E-state index contributed by atoms with van der Waals surface area (Å²) in [6.45, 7) is 1.48. The van der Waals surface area contributed by atoms with Crippen LogP contribution in [0.15, 0.2) is 34.5 Å². The molecule has 0 aromatic carbocycles. The fourth-order valence-electron chi connectivity index (χ4n) is 3.65. The van der Waals surface area contributed by atoms with E-state index in [0.717, 1.165) is 35.8 Å². The minimum absolute atomic E-state index is 0.223. The normalized spacial score (nSPS) is 23.4. The molecule has 0 radical (unpaired) electrons. The van der Waals surface area contributed by atoms with Crippen LogP contribution in [0.3, 0.4) is 0 Å². The molecule has 9 nitrogen and oxygen atoms in total. The van der Waals surface area contributed by atoms with Gasteiger partial charge < -0.3 is 10.6 Å². The Hall–Kier alpha value is -2.49. The van der Waals surface area contributed by atoms with Gasteiger partial charge >= 0.3 is 0 Å². The Kier molecular flexibility index (Phi) is 5.97. The summed E-state index contributed by atoms with van der Waals surface area (Å²) in [4.78, 5) is 40.3. The van der Waals surface area contributed by atoms with E-state index < -0.39 is 27.8 Å². The molecule has 2 aliphatic rings. The molecule has 1 aliphatic carbocycles. The van der Waals surface area contributed by atoms with Crippen LogP contribution >= 0.6 is 0 Å². The molecule has 2 fully saturated rings. The highest BCUT2D eigenvalue weighted by atomic mass is 32.2. The van der Waals surface area contributed by atoms with E-state index in [1.807, 2.05) is 0 Å². The molecular formula is C18H24N4O5S. The van der Waals surface area contributed by atoms with Crippen molar-refractivity contribution in [3.63, 3.8) is 0 Å². The Balaban J connectivity index is 1.67. The average molecular weight is 408 g/mol. The standard InChI is InChI=1S/C18H24N4O5S/c1-12(13-4-2-3-5-13)18(25)21-15-10-28(26,27)9-14(15)20-16(23)8-22-11-19-7-6-17(22)24/h6-7,11,14-15H,2-5,8-10H2,1H3,(H,20,23)(H,21,25). The van der Waals surface area contributed by atoms with E-state index in [9.17, 15) is 22.8 Å².